The van der Waals surface area contributed by atoms with Gasteiger partial charge in [0.2, 0.25) is 0 Å². The van der Waals surface area contributed by atoms with E-state index < -0.39 is 11.5 Å². The van der Waals surface area contributed by atoms with Gasteiger partial charge in [-0.05, 0) is 38.4 Å². The van der Waals surface area contributed by atoms with E-state index in [4.69, 9.17) is 4.74 Å². The first kappa shape index (κ1) is 11.8. The van der Waals surface area contributed by atoms with Gasteiger partial charge < -0.3 is 9.84 Å². The van der Waals surface area contributed by atoms with Crippen molar-refractivity contribution in [3.05, 3.63) is 0 Å². The third kappa shape index (κ3) is 1.43. The van der Waals surface area contributed by atoms with Gasteiger partial charge in [-0.2, -0.15) is 17.0 Å². The van der Waals surface area contributed by atoms with E-state index in [1.54, 1.807) is 11.8 Å². The Bertz CT molecular complexity index is 357. The Hall–Kier alpha value is -0.240. The van der Waals surface area contributed by atoms with Crippen LogP contribution >= 0.6 is 11.8 Å². The van der Waals surface area contributed by atoms with Crippen LogP contribution in [0.2, 0.25) is 0 Å². The molecule has 0 aromatic heterocycles. The lowest BCUT2D eigenvalue weighted by Crippen LogP contribution is -2.57. The standard InChI is InChI=1S/C13H19NO2S/c1-17-13(5-2-6-13)11(15)12(8-14)7-9-3-4-10(12)16-9/h9-11,15H,2-7H2,1H3. The van der Waals surface area contributed by atoms with E-state index in [1.807, 2.05) is 0 Å². The largest absolute Gasteiger partial charge is 0.390 e. The third-order valence-electron chi connectivity index (χ3n) is 5.05. The van der Waals surface area contributed by atoms with Crippen LogP contribution in [0.1, 0.15) is 38.5 Å². The number of thioether (sulfide) groups is 1. The Morgan fingerprint density at radius 1 is 1.47 bits per heavy atom. The van der Waals surface area contributed by atoms with Crippen molar-refractivity contribution >= 4 is 11.8 Å². The molecule has 17 heavy (non-hydrogen) atoms. The van der Waals surface area contributed by atoms with Gasteiger partial charge in [-0.25, -0.2) is 0 Å². The molecule has 1 saturated carbocycles. The summed E-state index contributed by atoms with van der Waals surface area (Å²) >= 11 is 1.74. The predicted octanol–water partition coefficient (Wildman–Crippen LogP) is 2.09. The molecule has 3 aliphatic rings. The van der Waals surface area contributed by atoms with Crippen LogP contribution in [0.3, 0.4) is 0 Å². The smallest absolute Gasteiger partial charge is 0.113 e. The van der Waals surface area contributed by atoms with Crippen molar-refractivity contribution in [2.75, 3.05) is 6.26 Å². The summed E-state index contributed by atoms with van der Waals surface area (Å²) < 4.78 is 5.74. The van der Waals surface area contributed by atoms with Gasteiger partial charge in [-0.1, -0.05) is 6.42 Å². The SMILES string of the molecule is CSC1(C(O)C2(C#N)CC3CCC2O3)CCC1. The minimum Gasteiger partial charge on any atom is -0.390 e. The molecule has 0 amide bonds. The Balaban J connectivity index is 1.89. The number of ether oxygens (including phenoxy) is 1. The van der Waals surface area contributed by atoms with E-state index in [0.717, 1.165) is 32.1 Å². The van der Waals surface area contributed by atoms with E-state index in [9.17, 15) is 10.4 Å². The molecule has 2 heterocycles. The van der Waals surface area contributed by atoms with Crippen LogP contribution in [-0.4, -0.2) is 34.4 Å². The van der Waals surface area contributed by atoms with Gasteiger partial charge in [0.05, 0.1) is 24.4 Å². The summed E-state index contributed by atoms with van der Waals surface area (Å²) in [7, 11) is 0. The van der Waals surface area contributed by atoms with E-state index in [2.05, 4.69) is 12.3 Å². The normalized spacial score (nSPS) is 44.1. The highest BCUT2D eigenvalue weighted by Gasteiger charge is 2.62. The molecule has 0 radical (unpaired) electrons. The zero-order valence-corrected chi connectivity index (χ0v) is 11.0. The van der Waals surface area contributed by atoms with Gasteiger partial charge in [0.25, 0.3) is 0 Å². The van der Waals surface area contributed by atoms with Gasteiger partial charge in [0.1, 0.15) is 5.41 Å². The average molecular weight is 253 g/mol. The number of nitrogens with zero attached hydrogens (tertiary/aromatic N) is 1. The summed E-state index contributed by atoms with van der Waals surface area (Å²) in [5.74, 6) is 0. The second kappa shape index (κ2) is 3.88. The highest BCUT2D eigenvalue weighted by molar-refractivity contribution is 8.00. The summed E-state index contributed by atoms with van der Waals surface area (Å²) in [5.41, 5.74) is -0.633. The van der Waals surface area contributed by atoms with Crippen molar-refractivity contribution in [2.45, 2.75) is 61.6 Å². The van der Waals surface area contributed by atoms with Crippen molar-refractivity contribution in [3.8, 4) is 6.07 Å². The van der Waals surface area contributed by atoms with Crippen LogP contribution in [0.5, 0.6) is 0 Å². The van der Waals surface area contributed by atoms with Crippen molar-refractivity contribution in [2.24, 2.45) is 5.41 Å². The van der Waals surface area contributed by atoms with Gasteiger partial charge >= 0.3 is 0 Å². The van der Waals surface area contributed by atoms with Crippen LogP contribution in [0.4, 0.5) is 0 Å². The van der Waals surface area contributed by atoms with E-state index in [1.165, 1.54) is 6.42 Å². The van der Waals surface area contributed by atoms with Gasteiger partial charge in [0.15, 0.2) is 0 Å². The molecule has 2 aliphatic heterocycles. The Labute approximate surface area is 107 Å². The molecular formula is C13H19NO2S. The Morgan fingerprint density at radius 3 is 2.59 bits per heavy atom. The summed E-state index contributed by atoms with van der Waals surface area (Å²) in [4.78, 5) is 0. The van der Waals surface area contributed by atoms with Crippen molar-refractivity contribution < 1.29 is 9.84 Å². The summed E-state index contributed by atoms with van der Waals surface area (Å²) in [6.45, 7) is 0. The molecule has 2 bridgehead atoms. The Kier molecular flexibility index (Phi) is 2.70. The van der Waals surface area contributed by atoms with E-state index in [-0.39, 0.29) is 17.0 Å². The quantitative estimate of drug-likeness (QED) is 0.837. The molecule has 3 fully saturated rings. The number of aliphatic hydroxyl groups excluding tert-OH is 1. The van der Waals surface area contributed by atoms with Gasteiger partial charge in [0, 0.05) is 4.75 Å². The highest BCUT2D eigenvalue weighted by Crippen LogP contribution is 2.57. The predicted molar refractivity (Wildman–Crippen MR) is 66.7 cm³/mol. The number of hydrogen-bond acceptors (Lipinski definition) is 4. The van der Waals surface area contributed by atoms with Crippen LogP contribution in [0, 0.1) is 16.7 Å². The minimum absolute atomic E-state index is 0.0304. The topological polar surface area (TPSA) is 53.2 Å². The zero-order valence-electron chi connectivity index (χ0n) is 10.2. The van der Waals surface area contributed by atoms with Crippen LogP contribution in [0.25, 0.3) is 0 Å². The monoisotopic (exact) mass is 253 g/mol. The molecule has 2 saturated heterocycles. The molecular weight excluding hydrogens is 234 g/mol. The lowest BCUT2D eigenvalue weighted by atomic mass is 9.63. The fourth-order valence-corrected chi connectivity index (χ4v) is 4.92. The number of nitriles is 1. The summed E-state index contributed by atoms with van der Waals surface area (Å²) in [5, 5.41) is 20.4. The Morgan fingerprint density at radius 2 is 2.24 bits per heavy atom. The maximum absolute atomic E-state index is 10.8. The average Bonchev–Trinajstić information content (AvgIpc) is 2.88. The molecule has 3 rings (SSSR count). The summed E-state index contributed by atoms with van der Waals surface area (Å²) in [6, 6.07) is 2.43. The van der Waals surface area contributed by atoms with E-state index >= 15 is 0 Å². The van der Waals surface area contributed by atoms with E-state index in [0.29, 0.717) is 0 Å². The van der Waals surface area contributed by atoms with Crippen molar-refractivity contribution in [3.63, 3.8) is 0 Å². The highest BCUT2D eigenvalue weighted by atomic mass is 32.2. The maximum atomic E-state index is 10.8. The lowest BCUT2D eigenvalue weighted by molar-refractivity contribution is -0.0338. The fraction of sp³-hybridized carbons (Fsp3) is 0.923. The second-order valence-corrected chi connectivity index (χ2v) is 6.93. The first-order valence-corrected chi connectivity index (χ1v) is 7.69. The maximum Gasteiger partial charge on any atom is 0.113 e. The summed E-state index contributed by atoms with van der Waals surface area (Å²) in [6.07, 6.45) is 7.71. The van der Waals surface area contributed by atoms with Crippen LogP contribution in [-0.2, 0) is 4.74 Å². The number of hydrogen-bond donors (Lipinski definition) is 1. The van der Waals surface area contributed by atoms with Crippen molar-refractivity contribution in [1.82, 2.24) is 0 Å². The first-order chi connectivity index (χ1) is 8.17. The third-order valence-corrected chi connectivity index (χ3v) is 6.49. The van der Waals surface area contributed by atoms with Crippen LogP contribution < -0.4 is 0 Å². The lowest BCUT2D eigenvalue weighted by Gasteiger charge is -2.50. The zero-order chi connectivity index (χ0) is 12.1. The molecule has 94 valence electrons. The number of rotatable bonds is 3. The van der Waals surface area contributed by atoms with Crippen molar-refractivity contribution in [1.29, 1.82) is 5.26 Å². The molecule has 1 N–H and O–H groups in total. The molecule has 4 unspecified atom stereocenters. The molecule has 3 nitrogen and oxygen atoms in total. The molecule has 0 aromatic carbocycles. The molecule has 1 aliphatic carbocycles. The second-order valence-electron chi connectivity index (χ2n) is 5.71. The molecule has 0 aromatic rings. The van der Waals surface area contributed by atoms with Gasteiger partial charge in [-0.3, -0.25) is 0 Å². The van der Waals surface area contributed by atoms with Crippen LogP contribution in [0.15, 0.2) is 0 Å². The molecule has 4 atom stereocenters. The first-order valence-electron chi connectivity index (χ1n) is 6.47. The molecule has 0 spiro atoms. The minimum atomic E-state index is -0.633. The van der Waals surface area contributed by atoms with Gasteiger partial charge in [-0.15, -0.1) is 0 Å². The fourth-order valence-electron chi connectivity index (χ4n) is 3.79. The number of fused-ring (bicyclic) bond motifs is 2. The number of aliphatic hydroxyl groups is 1. The molecule has 4 heteroatoms.